The molecule has 0 aliphatic carbocycles. The average Bonchev–Trinajstić information content (AvgIpc) is 3.31. The van der Waals surface area contributed by atoms with Crippen LogP contribution in [0.2, 0.25) is 0 Å². The van der Waals surface area contributed by atoms with Crippen LogP contribution in [0, 0.1) is 0 Å². The zero-order chi connectivity index (χ0) is 20.4. The minimum absolute atomic E-state index is 0.0638. The molecule has 150 valence electrons. The molecule has 3 heterocycles. The standard InChI is InChI=1S/C15H18N6O6S/c1-27-19-10(8-6-28-14(16)18-8)11(22)17-7-5-21(12(7)23)15(26)20-4-2-3-9(20)13(24)25/h6-7,9H,2-5H2,1H3,(H2,16,18)(H,17,22)(H,24,25)/b19-10-/t7?,9-/m0/s1. The molecule has 0 bridgehead atoms. The smallest absolute Gasteiger partial charge is 0.327 e. The Morgan fingerprint density at radius 3 is 2.79 bits per heavy atom. The number of nitrogens with one attached hydrogen (secondary N) is 1. The highest BCUT2D eigenvalue weighted by Crippen LogP contribution is 2.22. The van der Waals surface area contributed by atoms with Crippen LogP contribution in [0.4, 0.5) is 9.93 Å². The molecule has 28 heavy (non-hydrogen) atoms. The lowest BCUT2D eigenvalue weighted by atomic mass is 10.1. The zero-order valence-electron chi connectivity index (χ0n) is 14.8. The first-order chi connectivity index (χ1) is 13.3. The first kappa shape index (κ1) is 19.5. The van der Waals surface area contributed by atoms with Crippen molar-refractivity contribution in [2.24, 2.45) is 5.16 Å². The first-order valence-corrected chi connectivity index (χ1v) is 9.19. The zero-order valence-corrected chi connectivity index (χ0v) is 15.6. The largest absolute Gasteiger partial charge is 0.480 e. The quantitative estimate of drug-likeness (QED) is 0.318. The van der Waals surface area contributed by atoms with E-state index in [1.807, 2.05) is 0 Å². The first-order valence-electron chi connectivity index (χ1n) is 8.31. The average molecular weight is 410 g/mol. The van der Waals surface area contributed by atoms with E-state index in [0.29, 0.717) is 12.8 Å². The number of carbonyl (C=O) groups is 4. The predicted molar refractivity (Wildman–Crippen MR) is 96.5 cm³/mol. The molecule has 1 unspecified atom stereocenters. The molecule has 0 radical (unpaired) electrons. The van der Waals surface area contributed by atoms with Gasteiger partial charge in [-0.15, -0.1) is 11.3 Å². The molecule has 2 aliphatic rings. The van der Waals surface area contributed by atoms with Crippen LogP contribution in [0.15, 0.2) is 10.5 Å². The molecule has 1 aromatic rings. The van der Waals surface area contributed by atoms with Crippen LogP contribution in [0.25, 0.3) is 0 Å². The van der Waals surface area contributed by atoms with Crippen LogP contribution >= 0.6 is 11.3 Å². The Labute approximate surface area is 162 Å². The minimum atomic E-state index is -1.10. The Hall–Kier alpha value is -3.22. The van der Waals surface area contributed by atoms with Crippen LogP contribution in [0.3, 0.4) is 0 Å². The molecule has 12 nitrogen and oxygen atoms in total. The monoisotopic (exact) mass is 410 g/mol. The highest BCUT2D eigenvalue weighted by Gasteiger charge is 2.46. The fourth-order valence-corrected chi connectivity index (χ4v) is 3.58. The lowest BCUT2D eigenvalue weighted by Gasteiger charge is -2.39. The van der Waals surface area contributed by atoms with Gasteiger partial charge < -0.3 is 25.9 Å². The van der Waals surface area contributed by atoms with E-state index >= 15 is 0 Å². The van der Waals surface area contributed by atoms with Gasteiger partial charge in [0.05, 0.1) is 6.54 Å². The van der Waals surface area contributed by atoms with E-state index in [0.717, 1.165) is 21.1 Å². The summed E-state index contributed by atoms with van der Waals surface area (Å²) in [6.45, 7) is 0.207. The summed E-state index contributed by atoms with van der Waals surface area (Å²) in [7, 11) is 1.26. The number of nitrogen functional groups attached to an aromatic ring is 1. The summed E-state index contributed by atoms with van der Waals surface area (Å²) in [5, 5.41) is 17.0. The molecular formula is C15H18N6O6S. The number of likely N-dealkylation sites (tertiary alicyclic amines) is 2. The number of oxime groups is 1. The molecule has 13 heteroatoms. The third-order valence-corrected chi connectivity index (χ3v) is 5.09. The number of aromatic nitrogens is 1. The van der Waals surface area contributed by atoms with Crippen LogP contribution < -0.4 is 11.1 Å². The number of β-lactam (4-membered cyclic amide) rings is 1. The van der Waals surface area contributed by atoms with Gasteiger partial charge in [-0.25, -0.2) is 14.6 Å². The number of hydrogen-bond acceptors (Lipinski definition) is 9. The summed E-state index contributed by atoms with van der Waals surface area (Å²) < 4.78 is 0. The number of rotatable bonds is 5. The Morgan fingerprint density at radius 1 is 1.46 bits per heavy atom. The number of imide groups is 1. The Balaban J connectivity index is 1.62. The number of carboxylic acid groups (broad SMARTS) is 1. The predicted octanol–water partition coefficient (Wildman–Crippen LogP) is -0.928. The molecule has 4 amide bonds. The Kier molecular flexibility index (Phi) is 5.44. The van der Waals surface area contributed by atoms with E-state index < -0.39 is 35.9 Å². The second-order valence-corrected chi connectivity index (χ2v) is 7.03. The van der Waals surface area contributed by atoms with Gasteiger partial charge in [-0.1, -0.05) is 5.16 Å². The molecule has 3 rings (SSSR count). The van der Waals surface area contributed by atoms with Crippen molar-refractivity contribution in [2.75, 3.05) is 25.9 Å². The summed E-state index contributed by atoms with van der Waals surface area (Å²) in [5.74, 6) is -2.43. The van der Waals surface area contributed by atoms with Crippen molar-refractivity contribution in [3.05, 3.63) is 11.1 Å². The SMILES string of the molecule is CO/N=C(\C(=O)NC1CN(C(=O)N2CCC[C@H]2C(=O)O)C1=O)c1csc(N)n1. The third kappa shape index (κ3) is 3.60. The number of amides is 4. The molecule has 4 N–H and O–H groups in total. The normalized spacial score (nSPS) is 22.0. The Morgan fingerprint density at radius 2 is 2.21 bits per heavy atom. The number of urea groups is 1. The highest BCUT2D eigenvalue weighted by molar-refractivity contribution is 7.13. The van der Waals surface area contributed by atoms with Gasteiger partial charge in [0.2, 0.25) is 0 Å². The van der Waals surface area contributed by atoms with E-state index in [2.05, 4.69) is 20.3 Å². The van der Waals surface area contributed by atoms with E-state index in [1.165, 1.54) is 12.5 Å². The molecule has 2 fully saturated rings. The van der Waals surface area contributed by atoms with Crippen molar-refractivity contribution in [2.45, 2.75) is 24.9 Å². The van der Waals surface area contributed by atoms with Gasteiger partial charge in [-0.3, -0.25) is 14.5 Å². The summed E-state index contributed by atoms with van der Waals surface area (Å²) in [4.78, 5) is 59.1. The third-order valence-electron chi connectivity index (χ3n) is 4.41. The molecule has 0 aromatic carbocycles. The topological polar surface area (TPSA) is 168 Å². The van der Waals surface area contributed by atoms with Crippen molar-refractivity contribution >= 4 is 46.0 Å². The molecule has 0 saturated carbocycles. The molecule has 1 aromatic heterocycles. The maximum atomic E-state index is 12.4. The summed E-state index contributed by atoms with van der Waals surface area (Å²) in [5.41, 5.74) is 5.60. The van der Waals surface area contributed by atoms with Crippen LogP contribution in [0.1, 0.15) is 18.5 Å². The highest BCUT2D eigenvalue weighted by atomic mass is 32.1. The van der Waals surface area contributed by atoms with Gasteiger partial charge in [-0.2, -0.15) is 0 Å². The van der Waals surface area contributed by atoms with E-state index in [-0.39, 0.29) is 29.6 Å². The molecular weight excluding hydrogens is 392 g/mol. The minimum Gasteiger partial charge on any atom is -0.480 e. The number of nitrogens with zero attached hydrogens (tertiary/aromatic N) is 4. The van der Waals surface area contributed by atoms with Gasteiger partial charge in [0, 0.05) is 11.9 Å². The molecule has 0 spiro atoms. The number of nitrogens with two attached hydrogens (primary N) is 1. The van der Waals surface area contributed by atoms with Crippen LogP contribution in [-0.4, -0.2) is 81.7 Å². The van der Waals surface area contributed by atoms with Gasteiger partial charge in [-0.05, 0) is 12.8 Å². The number of carboxylic acids is 1. The Bertz CT molecular complexity index is 854. The number of hydrogen-bond donors (Lipinski definition) is 3. The van der Waals surface area contributed by atoms with Gasteiger partial charge >= 0.3 is 12.0 Å². The van der Waals surface area contributed by atoms with Crippen molar-refractivity contribution < 1.29 is 29.1 Å². The fourth-order valence-electron chi connectivity index (χ4n) is 3.03. The molecule has 2 atom stereocenters. The summed E-state index contributed by atoms with van der Waals surface area (Å²) in [6, 6.07) is -2.54. The van der Waals surface area contributed by atoms with Crippen molar-refractivity contribution in [3.63, 3.8) is 0 Å². The van der Waals surface area contributed by atoms with E-state index in [1.54, 1.807) is 0 Å². The van der Waals surface area contributed by atoms with E-state index in [9.17, 15) is 24.3 Å². The van der Waals surface area contributed by atoms with Crippen molar-refractivity contribution in [1.29, 1.82) is 0 Å². The van der Waals surface area contributed by atoms with Gasteiger partial charge in [0.15, 0.2) is 10.8 Å². The van der Waals surface area contributed by atoms with Crippen LogP contribution in [-0.2, 0) is 19.2 Å². The molecule has 2 saturated heterocycles. The molecule has 2 aliphatic heterocycles. The van der Waals surface area contributed by atoms with E-state index in [4.69, 9.17) is 5.73 Å². The second-order valence-electron chi connectivity index (χ2n) is 6.14. The number of anilines is 1. The van der Waals surface area contributed by atoms with Gasteiger partial charge in [0.25, 0.3) is 11.8 Å². The van der Waals surface area contributed by atoms with Crippen molar-refractivity contribution in [3.8, 4) is 0 Å². The van der Waals surface area contributed by atoms with Crippen LogP contribution in [0.5, 0.6) is 0 Å². The number of aliphatic carboxylic acids is 1. The fraction of sp³-hybridized carbons (Fsp3) is 0.467. The van der Waals surface area contributed by atoms with Crippen molar-refractivity contribution in [1.82, 2.24) is 20.1 Å². The van der Waals surface area contributed by atoms with Gasteiger partial charge in [0.1, 0.15) is 24.9 Å². The summed E-state index contributed by atoms with van der Waals surface area (Å²) in [6.07, 6.45) is 0.898. The number of thiazole rings is 1. The number of carbonyl (C=O) groups excluding carboxylic acids is 3. The lowest BCUT2D eigenvalue weighted by molar-refractivity contribution is -0.145. The second kappa shape index (κ2) is 7.80. The lowest BCUT2D eigenvalue weighted by Crippen LogP contribution is -2.68. The maximum absolute atomic E-state index is 12.4. The maximum Gasteiger partial charge on any atom is 0.327 e. The summed E-state index contributed by atoms with van der Waals surface area (Å²) >= 11 is 1.11.